The standard InChI is InChI=1S/C3H3P3/c1-2-4-6-5-3-1/h1-3H. The highest BCUT2D eigenvalue weighted by Gasteiger charge is 1.60. The van der Waals surface area contributed by atoms with Crippen molar-refractivity contribution in [2.45, 2.75) is 0 Å². The topological polar surface area (TPSA) is 0 Å². The Morgan fingerprint density at radius 2 is 1.67 bits per heavy atom. The predicted octanol–water partition coefficient (Wildman–Crippen LogP) is 3.43. The number of hydrogen-bond donors (Lipinski definition) is 0. The average Bonchev–Trinajstić information content (AvgIpc) is 1.72. The minimum Gasteiger partial charge on any atom is -0.0524 e. The van der Waals surface area contributed by atoms with Gasteiger partial charge in [0, 0.05) is 0 Å². The highest BCUT2D eigenvalue weighted by molar-refractivity contribution is 8.15. The summed E-state index contributed by atoms with van der Waals surface area (Å²) in [5, 5.41) is 0. The first-order chi connectivity index (χ1) is 3.00. The third kappa shape index (κ3) is 1.31. The fourth-order valence-corrected chi connectivity index (χ4v) is 3.45. The molecule has 0 nitrogen and oxygen atoms in total. The van der Waals surface area contributed by atoms with Gasteiger partial charge in [0.1, 0.15) is 0 Å². The molecule has 0 amide bonds. The van der Waals surface area contributed by atoms with E-state index in [1.807, 2.05) is 0 Å². The summed E-state index contributed by atoms with van der Waals surface area (Å²) >= 11 is 0. The molecule has 6 heavy (non-hydrogen) atoms. The van der Waals surface area contributed by atoms with E-state index in [0.717, 1.165) is 0 Å². The van der Waals surface area contributed by atoms with Crippen LogP contribution in [0.4, 0.5) is 0 Å². The Bertz CT molecular complexity index is 78.0. The molecule has 0 aliphatic rings. The molecular weight excluding hydrogens is 129 g/mol. The van der Waals surface area contributed by atoms with Crippen LogP contribution >= 0.6 is 23.3 Å². The Balaban J connectivity index is 3.00. The molecule has 0 N–H and O–H groups in total. The molecule has 0 bridgehead atoms. The van der Waals surface area contributed by atoms with E-state index in [9.17, 15) is 0 Å². The smallest absolute Gasteiger partial charge is 0.0109 e. The minimum absolute atomic E-state index is 1.45. The largest absolute Gasteiger partial charge is 0.0524 e. The molecule has 0 unspecified atom stereocenters. The van der Waals surface area contributed by atoms with Crippen molar-refractivity contribution in [1.29, 1.82) is 0 Å². The number of hydrogen-bond acceptors (Lipinski definition) is 0. The molecular formula is C3H3P3. The van der Waals surface area contributed by atoms with Crippen LogP contribution < -0.4 is 0 Å². The number of rotatable bonds is 0. The van der Waals surface area contributed by atoms with Crippen LogP contribution in [0.25, 0.3) is 0 Å². The van der Waals surface area contributed by atoms with Crippen LogP contribution in [0.1, 0.15) is 0 Å². The van der Waals surface area contributed by atoms with E-state index in [4.69, 9.17) is 0 Å². The van der Waals surface area contributed by atoms with E-state index < -0.39 is 0 Å². The van der Waals surface area contributed by atoms with Gasteiger partial charge in [-0.25, -0.2) is 0 Å². The van der Waals surface area contributed by atoms with E-state index in [2.05, 4.69) is 17.7 Å². The van der Waals surface area contributed by atoms with E-state index in [1.54, 1.807) is 0 Å². The summed E-state index contributed by atoms with van der Waals surface area (Å²) in [5.74, 6) is 4.33. The minimum atomic E-state index is 1.45. The van der Waals surface area contributed by atoms with Crippen molar-refractivity contribution >= 4 is 23.3 Å². The van der Waals surface area contributed by atoms with E-state index in [1.165, 1.54) is 23.3 Å². The van der Waals surface area contributed by atoms with Crippen molar-refractivity contribution in [3.05, 3.63) is 17.7 Å². The van der Waals surface area contributed by atoms with E-state index in [0.29, 0.717) is 0 Å². The molecule has 0 radical (unpaired) electrons. The van der Waals surface area contributed by atoms with Gasteiger partial charge in [0.2, 0.25) is 0 Å². The lowest BCUT2D eigenvalue weighted by Crippen LogP contribution is -1.24. The molecule has 1 rings (SSSR count). The lowest BCUT2D eigenvalue weighted by molar-refractivity contribution is 2.12. The van der Waals surface area contributed by atoms with Gasteiger partial charge in [-0.05, 0) is 34.9 Å². The van der Waals surface area contributed by atoms with Gasteiger partial charge in [-0.1, -0.05) is 6.07 Å². The lowest BCUT2D eigenvalue weighted by Gasteiger charge is -1.67. The highest BCUT2D eigenvalue weighted by atomic mass is 32.1. The SMILES string of the molecule is c1cpppc1. The zero-order valence-corrected chi connectivity index (χ0v) is 5.76. The summed E-state index contributed by atoms with van der Waals surface area (Å²) in [7, 11) is 4.39. The van der Waals surface area contributed by atoms with Gasteiger partial charge >= 0.3 is 0 Å². The molecule has 0 aromatic carbocycles. The van der Waals surface area contributed by atoms with Crippen molar-refractivity contribution in [1.82, 2.24) is 0 Å². The second-order valence-corrected chi connectivity index (χ2v) is 5.58. The Hall–Kier alpha value is 0.510. The van der Waals surface area contributed by atoms with Gasteiger partial charge in [-0.3, -0.25) is 0 Å². The lowest BCUT2D eigenvalue weighted by atomic mass is 10.8. The summed E-state index contributed by atoms with van der Waals surface area (Å²) in [6, 6.07) is 2.11. The maximum Gasteiger partial charge on any atom is -0.0109 e. The maximum absolute atomic E-state index is 2.16. The molecule has 1 aromatic heterocycles. The van der Waals surface area contributed by atoms with Gasteiger partial charge in [0.05, 0.1) is 0 Å². The molecule has 0 atom stereocenters. The maximum atomic E-state index is 2.16. The average molecular weight is 132 g/mol. The summed E-state index contributed by atoms with van der Waals surface area (Å²) in [6.45, 7) is 0. The molecule has 30 valence electrons. The third-order valence-corrected chi connectivity index (χ3v) is 4.50. The van der Waals surface area contributed by atoms with Crippen molar-refractivity contribution < 1.29 is 0 Å². The third-order valence-electron chi connectivity index (χ3n) is 0.409. The summed E-state index contributed by atoms with van der Waals surface area (Å²) in [5.41, 5.74) is 0. The van der Waals surface area contributed by atoms with Crippen LogP contribution in [0.3, 0.4) is 0 Å². The molecule has 0 fully saturated rings. The van der Waals surface area contributed by atoms with Gasteiger partial charge in [0.25, 0.3) is 0 Å². The van der Waals surface area contributed by atoms with Crippen molar-refractivity contribution in [2.24, 2.45) is 0 Å². The van der Waals surface area contributed by atoms with Crippen LogP contribution in [-0.4, -0.2) is 0 Å². The van der Waals surface area contributed by atoms with Crippen LogP contribution in [0.2, 0.25) is 0 Å². The Morgan fingerprint density at radius 1 is 1.00 bits per heavy atom. The first kappa shape index (κ1) is 4.66. The van der Waals surface area contributed by atoms with Crippen molar-refractivity contribution in [2.75, 3.05) is 0 Å². The Morgan fingerprint density at radius 3 is 1.83 bits per heavy atom. The predicted molar refractivity (Wildman–Crippen MR) is 34.0 cm³/mol. The molecule has 1 heterocycles. The molecule has 0 saturated heterocycles. The molecule has 1 aromatic rings. The molecule has 3 heteroatoms. The van der Waals surface area contributed by atoms with E-state index >= 15 is 0 Å². The summed E-state index contributed by atoms with van der Waals surface area (Å²) in [6.07, 6.45) is 0. The fourth-order valence-electron chi connectivity index (χ4n) is 0.205. The normalized spacial score (nSPS) is 12.0. The molecule has 0 saturated carbocycles. The first-order valence-corrected chi connectivity index (χ1v) is 5.82. The second-order valence-electron chi connectivity index (χ2n) is 0.811. The zero-order valence-electron chi connectivity index (χ0n) is 3.07. The van der Waals surface area contributed by atoms with E-state index in [-0.39, 0.29) is 0 Å². The molecule has 0 spiro atoms. The van der Waals surface area contributed by atoms with Crippen LogP contribution in [0.15, 0.2) is 17.7 Å². The van der Waals surface area contributed by atoms with Crippen LogP contribution in [0.5, 0.6) is 0 Å². The zero-order chi connectivity index (χ0) is 4.24. The molecule has 0 aliphatic heterocycles. The van der Waals surface area contributed by atoms with Crippen molar-refractivity contribution in [3.8, 4) is 0 Å². The molecule has 0 aliphatic carbocycles. The quantitative estimate of drug-likeness (QED) is 0.507. The Kier molecular flexibility index (Phi) is 2.06. The van der Waals surface area contributed by atoms with Crippen LogP contribution in [0, 0.1) is 0 Å². The van der Waals surface area contributed by atoms with Gasteiger partial charge < -0.3 is 0 Å². The van der Waals surface area contributed by atoms with Crippen molar-refractivity contribution in [3.63, 3.8) is 0 Å². The first-order valence-electron chi connectivity index (χ1n) is 1.58. The fraction of sp³-hybridized carbons (Fsp3) is 0. The van der Waals surface area contributed by atoms with Gasteiger partial charge in [-0.2, -0.15) is 0 Å². The Labute approximate surface area is 41.7 Å². The highest BCUT2D eigenvalue weighted by Crippen LogP contribution is 2.27. The summed E-state index contributed by atoms with van der Waals surface area (Å²) < 4.78 is 0. The second kappa shape index (κ2) is 2.64. The van der Waals surface area contributed by atoms with Crippen LogP contribution in [-0.2, 0) is 0 Å². The van der Waals surface area contributed by atoms with Gasteiger partial charge in [-0.15, -0.1) is 0 Å². The summed E-state index contributed by atoms with van der Waals surface area (Å²) in [4.78, 5) is 0. The van der Waals surface area contributed by atoms with Gasteiger partial charge in [0.15, 0.2) is 0 Å². The monoisotopic (exact) mass is 132 g/mol.